The lowest BCUT2D eigenvalue weighted by molar-refractivity contribution is -0.384. The maximum absolute atomic E-state index is 11.7. The van der Waals surface area contributed by atoms with Crippen LogP contribution in [-0.4, -0.2) is 44.1 Å². The molecule has 1 atom stereocenters. The molecule has 9 nitrogen and oxygen atoms in total. The van der Waals surface area contributed by atoms with E-state index in [1.165, 1.54) is 24.1 Å². The van der Waals surface area contributed by atoms with Gasteiger partial charge in [0.25, 0.3) is 5.69 Å². The van der Waals surface area contributed by atoms with Gasteiger partial charge in [-0.25, -0.2) is 17.9 Å². The van der Waals surface area contributed by atoms with Crippen molar-refractivity contribution in [3.8, 4) is 0 Å². The van der Waals surface area contributed by atoms with E-state index in [-0.39, 0.29) is 10.6 Å². The van der Waals surface area contributed by atoms with Gasteiger partial charge in [-0.3, -0.25) is 10.1 Å². The van der Waals surface area contributed by atoms with E-state index >= 15 is 0 Å². The summed E-state index contributed by atoms with van der Waals surface area (Å²) >= 11 is 0. The first kappa shape index (κ1) is 16.2. The normalized spacial score (nSPS) is 18.4. The highest BCUT2D eigenvalue weighted by atomic mass is 32.2. The van der Waals surface area contributed by atoms with Crippen molar-refractivity contribution in [1.82, 2.24) is 4.72 Å². The number of anilines is 1. The molecule has 1 fully saturated rings. The molecule has 2 N–H and O–H groups in total. The van der Waals surface area contributed by atoms with Gasteiger partial charge in [0.15, 0.2) is 0 Å². The molecule has 10 heteroatoms. The van der Waals surface area contributed by atoms with Crippen molar-refractivity contribution in [3.63, 3.8) is 0 Å². The molecule has 0 aromatic heterocycles. The average molecular weight is 329 g/mol. The number of nitrogens with zero attached hydrogens (tertiary/aromatic N) is 2. The Kier molecular flexibility index (Phi) is 4.33. The van der Waals surface area contributed by atoms with E-state index in [1.54, 1.807) is 0 Å². The van der Waals surface area contributed by atoms with E-state index in [1.807, 2.05) is 0 Å². The molecular weight excluding hydrogens is 314 g/mol. The molecule has 2 rings (SSSR count). The summed E-state index contributed by atoms with van der Waals surface area (Å²) in [6.45, 7) is 0.371. The SMILES string of the molecule is CNS(=O)(=O)c1ccc(N2CCC[C@H]2C(=O)O)c([N+](=O)[O-])c1. The predicted octanol–water partition coefficient (Wildman–Crippen LogP) is 0.556. The topological polar surface area (TPSA) is 130 Å². The fourth-order valence-electron chi connectivity index (χ4n) is 2.49. The second-order valence-electron chi connectivity index (χ2n) is 4.80. The lowest BCUT2D eigenvalue weighted by Gasteiger charge is -2.23. The molecule has 0 aliphatic carbocycles. The number of carbonyl (C=O) groups is 1. The number of hydrogen-bond acceptors (Lipinski definition) is 6. The molecule has 1 aromatic carbocycles. The van der Waals surface area contributed by atoms with Crippen molar-refractivity contribution in [2.45, 2.75) is 23.8 Å². The lowest BCUT2D eigenvalue weighted by atomic mass is 10.2. The number of carboxylic acid groups (broad SMARTS) is 1. The fraction of sp³-hybridized carbons (Fsp3) is 0.417. The molecule has 1 saturated heterocycles. The molecule has 0 radical (unpaired) electrons. The van der Waals surface area contributed by atoms with Gasteiger partial charge in [0.1, 0.15) is 11.7 Å². The Balaban J connectivity index is 2.53. The number of carboxylic acids is 1. The first-order valence-electron chi connectivity index (χ1n) is 6.49. The standard InChI is InChI=1S/C12H15N3O6S/c1-13-22(20,21)8-4-5-9(11(7-8)15(18)19)14-6-2-3-10(14)12(16)17/h4-5,7,10,13H,2-3,6H2,1H3,(H,16,17)/t10-/m0/s1. The molecule has 120 valence electrons. The van der Waals surface area contributed by atoms with Crippen LogP contribution in [0, 0.1) is 10.1 Å². The summed E-state index contributed by atoms with van der Waals surface area (Å²) in [5.74, 6) is -1.06. The highest BCUT2D eigenvalue weighted by Crippen LogP contribution is 2.35. The van der Waals surface area contributed by atoms with Gasteiger partial charge in [-0.1, -0.05) is 0 Å². The fourth-order valence-corrected chi connectivity index (χ4v) is 3.24. The second-order valence-corrected chi connectivity index (χ2v) is 6.69. The molecule has 0 amide bonds. The van der Waals surface area contributed by atoms with E-state index in [2.05, 4.69) is 4.72 Å². The van der Waals surface area contributed by atoms with E-state index < -0.39 is 32.6 Å². The number of sulfonamides is 1. The molecule has 1 aliphatic rings. The van der Waals surface area contributed by atoms with E-state index in [0.717, 1.165) is 6.07 Å². The van der Waals surface area contributed by atoms with Gasteiger partial charge in [-0.05, 0) is 32.0 Å². The number of nitro groups is 1. The van der Waals surface area contributed by atoms with Crippen LogP contribution in [0.15, 0.2) is 23.1 Å². The van der Waals surface area contributed by atoms with E-state index in [9.17, 15) is 28.4 Å². The third-order valence-electron chi connectivity index (χ3n) is 3.57. The zero-order valence-electron chi connectivity index (χ0n) is 11.7. The van der Waals surface area contributed by atoms with Crippen molar-refractivity contribution >= 4 is 27.4 Å². The van der Waals surface area contributed by atoms with Crippen LogP contribution in [0.25, 0.3) is 0 Å². The quantitative estimate of drug-likeness (QED) is 0.596. The highest BCUT2D eigenvalue weighted by molar-refractivity contribution is 7.89. The van der Waals surface area contributed by atoms with Gasteiger partial charge in [-0.2, -0.15) is 0 Å². The van der Waals surface area contributed by atoms with Gasteiger partial charge in [0.05, 0.1) is 9.82 Å². The summed E-state index contributed by atoms with van der Waals surface area (Å²) in [7, 11) is -2.61. The highest BCUT2D eigenvalue weighted by Gasteiger charge is 2.34. The average Bonchev–Trinajstić information content (AvgIpc) is 2.96. The minimum absolute atomic E-state index is 0.116. The summed E-state index contributed by atoms with van der Waals surface area (Å²) in [6, 6.07) is 2.61. The van der Waals surface area contributed by atoms with E-state index in [0.29, 0.717) is 19.4 Å². The maximum atomic E-state index is 11.7. The lowest BCUT2D eigenvalue weighted by Crippen LogP contribution is -2.36. The van der Waals surface area contributed by atoms with Crippen LogP contribution >= 0.6 is 0 Å². The Morgan fingerprint density at radius 3 is 2.73 bits per heavy atom. The molecular formula is C12H15N3O6S. The van der Waals surface area contributed by atoms with Crippen LogP contribution in [0.4, 0.5) is 11.4 Å². The van der Waals surface area contributed by atoms with Crippen molar-refractivity contribution < 1.29 is 23.2 Å². The zero-order valence-corrected chi connectivity index (χ0v) is 12.5. The first-order chi connectivity index (χ1) is 10.3. The Morgan fingerprint density at radius 1 is 1.50 bits per heavy atom. The summed E-state index contributed by atoms with van der Waals surface area (Å²) in [4.78, 5) is 22.9. The van der Waals surface area contributed by atoms with E-state index in [4.69, 9.17) is 0 Å². The Bertz CT molecular complexity index is 718. The van der Waals surface area contributed by atoms with Crippen LogP contribution in [0.3, 0.4) is 0 Å². The Morgan fingerprint density at radius 2 is 2.18 bits per heavy atom. The van der Waals surface area contributed by atoms with Crippen molar-refractivity contribution in [2.75, 3.05) is 18.5 Å². The number of nitrogens with one attached hydrogen (secondary N) is 1. The van der Waals surface area contributed by atoms with Crippen LogP contribution in [0.2, 0.25) is 0 Å². The summed E-state index contributed by atoms with van der Waals surface area (Å²) in [5.41, 5.74) is -0.311. The van der Waals surface area contributed by atoms with Crippen molar-refractivity contribution in [3.05, 3.63) is 28.3 Å². The van der Waals surface area contributed by atoms with Gasteiger partial charge >= 0.3 is 5.97 Å². The van der Waals surface area contributed by atoms with Gasteiger partial charge in [0.2, 0.25) is 10.0 Å². The number of benzene rings is 1. The predicted molar refractivity (Wildman–Crippen MR) is 77.3 cm³/mol. The molecule has 0 unspecified atom stereocenters. The zero-order chi connectivity index (χ0) is 16.5. The Labute approximate surface area is 126 Å². The van der Waals surface area contributed by atoms with Gasteiger partial charge in [-0.15, -0.1) is 0 Å². The molecule has 1 aliphatic heterocycles. The van der Waals surface area contributed by atoms with Crippen molar-refractivity contribution in [1.29, 1.82) is 0 Å². The maximum Gasteiger partial charge on any atom is 0.326 e. The van der Waals surface area contributed by atoms with Crippen LogP contribution in [0.1, 0.15) is 12.8 Å². The molecule has 1 heterocycles. The molecule has 0 bridgehead atoms. The molecule has 22 heavy (non-hydrogen) atoms. The minimum Gasteiger partial charge on any atom is -0.480 e. The minimum atomic E-state index is -3.81. The van der Waals surface area contributed by atoms with Crippen molar-refractivity contribution in [2.24, 2.45) is 0 Å². The third kappa shape index (κ3) is 2.88. The van der Waals surface area contributed by atoms with Crippen LogP contribution in [0.5, 0.6) is 0 Å². The first-order valence-corrected chi connectivity index (χ1v) is 7.97. The summed E-state index contributed by atoms with van der Waals surface area (Å²) in [5, 5.41) is 20.4. The third-order valence-corrected chi connectivity index (χ3v) is 4.98. The second kappa shape index (κ2) is 5.89. The monoisotopic (exact) mass is 329 g/mol. The number of hydrogen-bond donors (Lipinski definition) is 2. The number of aliphatic carboxylic acids is 1. The molecule has 1 aromatic rings. The van der Waals surface area contributed by atoms with Gasteiger partial charge in [0, 0.05) is 12.6 Å². The smallest absolute Gasteiger partial charge is 0.326 e. The number of nitro benzene ring substituents is 1. The molecule has 0 spiro atoms. The summed E-state index contributed by atoms with van der Waals surface area (Å²) in [6.07, 6.45) is 0.994. The summed E-state index contributed by atoms with van der Waals surface area (Å²) < 4.78 is 25.6. The largest absolute Gasteiger partial charge is 0.480 e. The van der Waals surface area contributed by atoms with Crippen LogP contribution in [-0.2, 0) is 14.8 Å². The number of rotatable bonds is 5. The van der Waals surface area contributed by atoms with Crippen LogP contribution < -0.4 is 9.62 Å². The van der Waals surface area contributed by atoms with Gasteiger partial charge < -0.3 is 10.0 Å². The molecule has 0 saturated carbocycles. The Hall–Kier alpha value is -2.20.